The maximum absolute atomic E-state index is 13.5. The van der Waals surface area contributed by atoms with Gasteiger partial charge < -0.3 is 14.7 Å². The number of hydrogen-bond donors (Lipinski definition) is 1. The quantitative estimate of drug-likeness (QED) is 0.594. The van der Waals surface area contributed by atoms with Crippen LogP contribution in [0.15, 0.2) is 35.7 Å². The Labute approximate surface area is 188 Å². The third-order valence-corrected chi connectivity index (χ3v) is 6.52. The molecule has 0 spiro atoms. The van der Waals surface area contributed by atoms with Crippen LogP contribution in [0.1, 0.15) is 43.7 Å². The van der Waals surface area contributed by atoms with E-state index >= 15 is 0 Å². The molecule has 2 aromatic rings. The lowest BCUT2D eigenvalue weighted by Crippen LogP contribution is -2.47. The summed E-state index contributed by atoms with van der Waals surface area (Å²) in [5.41, 5.74) is 1.12. The molecular formula is C24H33FN2O3S. The molecule has 0 saturated heterocycles. The molecule has 3 rings (SSSR count). The fourth-order valence-electron chi connectivity index (χ4n) is 3.94. The van der Waals surface area contributed by atoms with Crippen molar-refractivity contribution in [1.29, 1.82) is 0 Å². The van der Waals surface area contributed by atoms with Crippen LogP contribution in [0.2, 0.25) is 0 Å². The van der Waals surface area contributed by atoms with Gasteiger partial charge in [-0.05, 0) is 61.4 Å². The number of aliphatic hydroxyl groups is 1. The van der Waals surface area contributed by atoms with Crippen LogP contribution < -0.4 is 4.74 Å². The van der Waals surface area contributed by atoms with Gasteiger partial charge in [0, 0.05) is 24.0 Å². The maximum atomic E-state index is 13.5. The number of nitrogens with zero attached hydrogens (tertiary/aromatic N) is 2. The number of carbonyl (C=O) groups excluding carboxylic acids is 1. The molecule has 1 aliphatic heterocycles. The third kappa shape index (κ3) is 6.76. The average molecular weight is 449 g/mol. The molecule has 2 unspecified atom stereocenters. The summed E-state index contributed by atoms with van der Waals surface area (Å²) in [4.78, 5) is 18.5. The molecule has 0 radical (unpaired) electrons. The SMILES string of the molecule is CC(C)CCN(CC(=O)N1CCc2sccc2C1COc1cccc(F)c1)CC(C)O. The van der Waals surface area contributed by atoms with Gasteiger partial charge >= 0.3 is 0 Å². The van der Waals surface area contributed by atoms with Crippen LogP contribution in [0.5, 0.6) is 5.75 Å². The summed E-state index contributed by atoms with van der Waals surface area (Å²) in [6, 6.07) is 7.94. The van der Waals surface area contributed by atoms with E-state index in [9.17, 15) is 14.3 Å². The highest BCUT2D eigenvalue weighted by Crippen LogP contribution is 2.34. The van der Waals surface area contributed by atoms with Gasteiger partial charge in [0.25, 0.3) is 0 Å². The Bertz CT molecular complexity index is 855. The van der Waals surface area contributed by atoms with Crippen molar-refractivity contribution < 1.29 is 19.0 Å². The second-order valence-electron chi connectivity index (χ2n) is 8.69. The van der Waals surface area contributed by atoms with Crippen LogP contribution >= 0.6 is 11.3 Å². The van der Waals surface area contributed by atoms with E-state index in [1.807, 2.05) is 9.80 Å². The number of amides is 1. The molecule has 1 aliphatic rings. The van der Waals surface area contributed by atoms with Gasteiger partial charge in [-0.25, -0.2) is 4.39 Å². The number of ether oxygens (including phenoxy) is 1. The van der Waals surface area contributed by atoms with Gasteiger partial charge in [0.05, 0.1) is 18.7 Å². The number of aliphatic hydroxyl groups excluding tert-OH is 1. The van der Waals surface area contributed by atoms with Crippen LogP contribution in [0.25, 0.3) is 0 Å². The van der Waals surface area contributed by atoms with Gasteiger partial charge in [-0.1, -0.05) is 19.9 Å². The van der Waals surface area contributed by atoms with Gasteiger partial charge in [-0.15, -0.1) is 11.3 Å². The highest BCUT2D eigenvalue weighted by atomic mass is 32.1. The zero-order valence-corrected chi connectivity index (χ0v) is 19.4. The van der Waals surface area contributed by atoms with Crippen LogP contribution in [-0.4, -0.2) is 59.7 Å². The molecule has 1 aromatic carbocycles. The van der Waals surface area contributed by atoms with Gasteiger partial charge in [-0.3, -0.25) is 9.69 Å². The molecule has 1 aromatic heterocycles. The molecule has 5 nitrogen and oxygen atoms in total. The van der Waals surface area contributed by atoms with Crippen molar-refractivity contribution in [3.8, 4) is 5.75 Å². The Hall–Kier alpha value is -1.96. The van der Waals surface area contributed by atoms with Crippen molar-refractivity contribution in [1.82, 2.24) is 9.80 Å². The molecule has 7 heteroatoms. The van der Waals surface area contributed by atoms with Crippen molar-refractivity contribution in [3.63, 3.8) is 0 Å². The predicted octanol–water partition coefficient (Wildman–Crippen LogP) is 4.12. The minimum absolute atomic E-state index is 0.0362. The molecule has 1 amide bonds. The van der Waals surface area contributed by atoms with Gasteiger partial charge in [0.15, 0.2) is 0 Å². The fraction of sp³-hybridized carbons (Fsp3) is 0.542. The third-order valence-electron chi connectivity index (χ3n) is 5.52. The number of fused-ring (bicyclic) bond motifs is 1. The average Bonchev–Trinajstić information content (AvgIpc) is 3.18. The molecular weight excluding hydrogens is 415 g/mol. The first-order chi connectivity index (χ1) is 14.8. The standard InChI is InChI=1S/C24H33FN2O3S/c1-17(2)7-10-26(14-18(3)28)15-24(29)27-11-8-23-21(9-12-31-23)22(27)16-30-20-6-4-5-19(25)13-20/h4-6,9,12-13,17-18,22,28H,7-8,10-11,14-16H2,1-3H3. The van der Waals surface area contributed by atoms with Crippen LogP contribution in [0, 0.1) is 11.7 Å². The first kappa shape index (κ1) is 23.7. The number of hydrogen-bond acceptors (Lipinski definition) is 5. The number of rotatable bonds is 10. The summed E-state index contributed by atoms with van der Waals surface area (Å²) < 4.78 is 19.4. The van der Waals surface area contributed by atoms with Crippen molar-refractivity contribution in [2.75, 3.05) is 32.8 Å². The Kier molecular flexibility index (Phi) is 8.46. The Morgan fingerprint density at radius 1 is 1.35 bits per heavy atom. The molecule has 170 valence electrons. The zero-order valence-electron chi connectivity index (χ0n) is 18.6. The maximum Gasteiger partial charge on any atom is 0.237 e. The number of carbonyl (C=O) groups is 1. The van der Waals surface area contributed by atoms with Crippen LogP contribution in [0.3, 0.4) is 0 Å². The zero-order chi connectivity index (χ0) is 22.4. The van der Waals surface area contributed by atoms with Gasteiger partial charge in [0.2, 0.25) is 5.91 Å². The summed E-state index contributed by atoms with van der Waals surface area (Å²) in [5, 5.41) is 11.9. The highest BCUT2D eigenvalue weighted by Gasteiger charge is 2.33. The van der Waals surface area contributed by atoms with E-state index in [4.69, 9.17) is 4.74 Å². The largest absolute Gasteiger partial charge is 0.491 e. The summed E-state index contributed by atoms with van der Waals surface area (Å²) in [6.07, 6.45) is 1.31. The molecule has 31 heavy (non-hydrogen) atoms. The molecule has 0 saturated carbocycles. The van der Waals surface area contributed by atoms with E-state index in [-0.39, 0.29) is 30.9 Å². The molecule has 0 aliphatic carbocycles. The highest BCUT2D eigenvalue weighted by molar-refractivity contribution is 7.10. The Balaban J connectivity index is 1.72. The van der Waals surface area contributed by atoms with E-state index in [1.54, 1.807) is 30.4 Å². The molecule has 2 atom stereocenters. The predicted molar refractivity (Wildman–Crippen MR) is 122 cm³/mol. The van der Waals surface area contributed by atoms with E-state index in [0.717, 1.165) is 24.9 Å². The van der Waals surface area contributed by atoms with Crippen LogP contribution in [0.4, 0.5) is 4.39 Å². The van der Waals surface area contributed by atoms with E-state index in [0.29, 0.717) is 24.8 Å². The minimum atomic E-state index is -0.489. The second-order valence-corrected chi connectivity index (χ2v) is 9.69. The van der Waals surface area contributed by atoms with Crippen LogP contribution in [-0.2, 0) is 11.2 Å². The summed E-state index contributed by atoms with van der Waals surface area (Å²) in [7, 11) is 0. The van der Waals surface area contributed by atoms with Crippen molar-refractivity contribution in [2.45, 2.75) is 45.8 Å². The second kappa shape index (κ2) is 11.1. The van der Waals surface area contributed by atoms with Crippen molar-refractivity contribution in [3.05, 3.63) is 52.0 Å². The first-order valence-electron chi connectivity index (χ1n) is 11.0. The molecule has 0 bridgehead atoms. The van der Waals surface area contributed by atoms with Crippen molar-refractivity contribution >= 4 is 17.2 Å². The number of benzene rings is 1. The van der Waals surface area contributed by atoms with Gasteiger partial charge in [0.1, 0.15) is 18.2 Å². The monoisotopic (exact) mass is 448 g/mol. The van der Waals surface area contributed by atoms with E-state index in [1.165, 1.54) is 17.0 Å². The Morgan fingerprint density at radius 3 is 2.87 bits per heavy atom. The van der Waals surface area contributed by atoms with Gasteiger partial charge in [-0.2, -0.15) is 0 Å². The first-order valence-corrected chi connectivity index (χ1v) is 11.9. The molecule has 2 heterocycles. The lowest BCUT2D eigenvalue weighted by Gasteiger charge is -2.37. The number of thiophene rings is 1. The Morgan fingerprint density at radius 2 is 2.16 bits per heavy atom. The van der Waals surface area contributed by atoms with Crippen molar-refractivity contribution in [2.24, 2.45) is 5.92 Å². The lowest BCUT2D eigenvalue weighted by molar-refractivity contribution is -0.136. The summed E-state index contributed by atoms with van der Waals surface area (Å²) in [5.74, 6) is 0.683. The fourth-order valence-corrected chi connectivity index (χ4v) is 4.87. The topological polar surface area (TPSA) is 53.0 Å². The van der Waals surface area contributed by atoms with E-state index < -0.39 is 6.10 Å². The lowest BCUT2D eigenvalue weighted by atomic mass is 10.0. The summed E-state index contributed by atoms with van der Waals surface area (Å²) >= 11 is 1.70. The summed E-state index contributed by atoms with van der Waals surface area (Å²) in [6.45, 7) is 8.50. The molecule has 1 N–H and O–H groups in total. The minimum Gasteiger partial charge on any atom is -0.491 e. The number of halogens is 1. The normalized spacial score (nSPS) is 17.1. The van der Waals surface area contributed by atoms with E-state index in [2.05, 4.69) is 25.3 Å². The smallest absolute Gasteiger partial charge is 0.237 e. The molecule has 0 fully saturated rings.